The van der Waals surface area contributed by atoms with Crippen molar-refractivity contribution >= 4 is 28.7 Å². The number of aromatic nitrogens is 2. The summed E-state index contributed by atoms with van der Waals surface area (Å²) in [5, 5.41) is -0.157. The molecule has 1 aliphatic rings. The summed E-state index contributed by atoms with van der Waals surface area (Å²) in [6.45, 7) is 3.29. The van der Waals surface area contributed by atoms with Gasteiger partial charge in [-0.05, 0) is 56.2 Å². The molecular weight excluding hydrogens is 386 g/mol. The highest BCUT2D eigenvalue weighted by atomic mass is 32.2. The lowest BCUT2D eigenvalue weighted by Crippen LogP contribution is -2.43. The second kappa shape index (κ2) is 8.37. The Labute approximate surface area is 173 Å². The number of thioether (sulfide) groups is 1. The van der Waals surface area contributed by atoms with Crippen molar-refractivity contribution in [2.75, 3.05) is 20.2 Å². The summed E-state index contributed by atoms with van der Waals surface area (Å²) in [6.07, 6.45) is 1.57. The second-order valence-electron chi connectivity index (χ2n) is 7.31. The maximum Gasteiger partial charge on any atom is 0.326 e. The molecule has 1 fully saturated rings. The van der Waals surface area contributed by atoms with Gasteiger partial charge in [-0.2, -0.15) is 0 Å². The van der Waals surface area contributed by atoms with Gasteiger partial charge in [0.2, 0.25) is 5.91 Å². The summed E-state index contributed by atoms with van der Waals surface area (Å²) in [5.74, 6) is 0.957. The highest BCUT2D eigenvalue weighted by molar-refractivity contribution is 8.00. The van der Waals surface area contributed by atoms with Gasteiger partial charge >= 0.3 is 5.69 Å². The molecule has 1 aromatic heterocycles. The average molecular weight is 412 g/mol. The van der Waals surface area contributed by atoms with E-state index >= 15 is 0 Å². The first-order valence-corrected chi connectivity index (χ1v) is 10.7. The third kappa shape index (κ3) is 4.05. The smallest absolute Gasteiger partial charge is 0.326 e. The van der Waals surface area contributed by atoms with Gasteiger partial charge in [0.25, 0.3) is 0 Å². The molecule has 6 nitrogen and oxygen atoms in total. The minimum absolute atomic E-state index is 0.0700. The summed E-state index contributed by atoms with van der Waals surface area (Å²) in [7, 11) is 1.64. The van der Waals surface area contributed by atoms with Gasteiger partial charge in [0.05, 0.1) is 23.4 Å². The Bertz CT molecular complexity index is 1050. The van der Waals surface area contributed by atoms with Gasteiger partial charge in [0, 0.05) is 24.0 Å². The predicted octanol–water partition coefficient (Wildman–Crippen LogP) is 3.68. The van der Waals surface area contributed by atoms with Crippen LogP contribution >= 0.6 is 11.8 Å². The number of hydrogen-bond donors (Lipinski definition) is 1. The molecule has 3 aromatic rings. The van der Waals surface area contributed by atoms with Crippen LogP contribution in [-0.4, -0.2) is 45.8 Å². The van der Waals surface area contributed by atoms with Crippen molar-refractivity contribution in [1.82, 2.24) is 14.5 Å². The fraction of sp³-hybridized carbons (Fsp3) is 0.364. The van der Waals surface area contributed by atoms with E-state index in [0.29, 0.717) is 13.1 Å². The van der Waals surface area contributed by atoms with E-state index in [4.69, 9.17) is 4.74 Å². The van der Waals surface area contributed by atoms with Crippen LogP contribution in [0.2, 0.25) is 0 Å². The van der Waals surface area contributed by atoms with Crippen LogP contribution in [0.15, 0.2) is 58.2 Å². The largest absolute Gasteiger partial charge is 0.497 e. The minimum Gasteiger partial charge on any atom is -0.497 e. The Morgan fingerprint density at radius 1 is 1.14 bits per heavy atom. The zero-order valence-electron chi connectivity index (χ0n) is 16.6. The molecule has 0 bridgehead atoms. The maximum absolute atomic E-state index is 12.9. The van der Waals surface area contributed by atoms with Gasteiger partial charge in [0.1, 0.15) is 5.75 Å². The molecular formula is C22H25N3O3S. The normalized spacial score (nSPS) is 16.1. The van der Waals surface area contributed by atoms with E-state index < -0.39 is 0 Å². The summed E-state index contributed by atoms with van der Waals surface area (Å²) >= 11 is 1.56. The lowest BCUT2D eigenvalue weighted by Gasteiger charge is -2.34. The second-order valence-corrected chi connectivity index (χ2v) is 8.72. The van der Waals surface area contributed by atoms with E-state index in [2.05, 4.69) is 4.98 Å². The zero-order chi connectivity index (χ0) is 20.4. The average Bonchev–Trinajstić information content (AvgIpc) is 3.09. The minimum atomic E-state index is -0.157. The molecule has 1 amide bonds. The number of imidazole rings is 1. The highest BCUT2D eigenvalue weighted by Gasteiger charge is 2.28. The topological polar surface area (TPSA) is 67.3 Å². The van der Waals surface area contributed by atoms with Crippen LogP contribution in [0.25, 0.3) is 11.0 Å². The number of likely N-dealkylation sites (tertiary alicyclic amines) is 1. The molecule has 2 aromatic carbocycles. The number of carbonyl (C=O) groups is 1. The molecule has 1 aliphatic heterocycles. The molecule has 1 atom stereocenters. The number of nitrogens with one attached hydrogen (secondary N) is 1. The molecule has 4 rings (SSSR count). The summed E-state index contributed by atoms with van der Waals surface area (Å²) in [5.41, 5.74) is 1.73. The third-order valence-electron chi connectivity index (χ3n) is 5.49. The number of amides is 1. The number of fused-ring (bicyclic) bond motifs is 1. The first-order chi connectivity index (χ1) is 14.1. The molecule has 1 unspecified atom stereocenters. The Balaban J connectivity index is 1.39. The number of aromatic amines is 1. The van der Waals surface area contributed by atoms with Gasteiger partial charge in [-0.25, -0.2) is 4.79 Å². The highest BCUT2D eigenvalue weighted by Crippen LogP contribution is 2.29. The van der Waals surface area contributed by atoms with Crippen LogP contribution in [-0.2, 0) is 4.79 Å². The van der Waals surface area contributed by atoms with Crippen molar-refractivity contribution in [1.29, 1.82) is 0 Å². The zero-order valence-corrected chi connectivity index (χ0v) is 17.4. The molecule has 7 heteroatoms. The molecule has 1 N–H and O–H groups in total. The van der Waals surface area contributed by atoms with Crippen LogP contribution in [0.5, 0.6) is 5.75 Å². The van der Waals surface area contributed by atoms with Crippen molar-refractivity contribution in [2.24, 2.45) is 0 Å². The Morgan fingerprint density at radius 3 is 2.52 bits per heavy atom. The molecule has 0 aliphatic carbocycles. The van der Waals surface area contributed by atoms with Crippen molar-refractivity contribution in [3.05, 3.63) is 59.0 Å². The number of methoxy groups -OCH3 is 1. The number of ether oxygens (including phenoxy) is 1. The monoisotopic (exact) mass is 411 g/mol. The summed E-state index contributed by atoms with van der Waals surface area (Å²) in [6, 6.07) is 15.6. The third-order valence-corrected chi connectivity index (χ3v) is 6.58. The Hall–Kier alpha value is -2.67. The van der Waals surface area contributed by atoms with Crippen molar-refractivity contribution in [2.45, 2.75) is 36.0 Å². The predicted molar refractivity (Wildman–Crippen MR) is 116 cm³/mol. The summed E-state index contributed by atoms with van der Waals surface area (Å²) in [4.78, 5) is 31.2. The molecule has 0 saturated carbocycles. The number of H-pyrrole nitrogens is 1. The van der Waals surface area contributed by atoms with Gasteiger partial charge in [-0.1, -0.05) is 12.1 Å². The lowest BCUT2D eigenvalue weighted by atomic mass is 10.0. The van der Waals surface area contributed by atoms with E-state index in [-0.39, 0.29) is 22.9 Å². The van der Waals surface area contributed by atoms with Gasteiger partial charge in [-0.3, -0.25) is 9.36 Å². The van der Waals surface area contributed by atoms with Crippen LogP contribution in [0.4, 0.5) is 0 Å². The molecule has 0 radical (unpaired) electrons. The van der Waals surface area contributed by atoms with Crippen LogP contribution in [0, 0.1) is 0 Å². The Morgan fingerprint density at radius 2 is 1.83 bits per heavy atom. The number of hydrogen-bond acceptors (Lipinski definition) is 4. The van der Waals surface area contributed by atoms with E-state index in [0.717, 1.165) is 34.5 Å². The number of carbonyl (C=O) groups excluding carboxylic acids is 1. The van der Waals surface area contributed by atoms with Crippen molar-refractivity contribution < 1.29 is 9.53 Å². The molecule has 2 heterocycles. The maximum atomic E-state index is 12.9. The molecule has 152 valence electrons. The van der Waals surface area contributed by atoms with Gasteiger partial charge < -0.3 is 14.6 Å². The van der Waals surface area contributed by atoms with Crippen LogP contribution < -0.4 is 10.4 Å². The molecule has 0 spiro atoms. The molecule has 29 heavy (non-hydrogen) atoms. The number of rotatable bonds is 5. The lowest BCUT2D eigenvalue weighted by molar-refractivity contribution is -0.131. The first-order valence-electron chi connectivity index (χ1n) is 9.85. The van der Waals surface area contributed by atoms with E-state index in [9.17, 15) is 9.59 Å². The van der Waals surface area contributed by atoms with Crippen molar-refractivity contribution in [3.63, 3.8) is 0 Å². The SMILES string of the molecule is COc1ccc(SC(C)C(=O)N2CCC(n3c(=O)[nH]c4ccccc43)CC2)cc1. The fourth-order valence-electron chi connectivity index (χ4n) is 3.95. The number of benzene rings is 2. The fourth-order valence-corrected chi connectivity index (χ4v) is 4.90. The van der Waals surface area contributed by atoms with Crippen LogP contribution in [0.3, 0.4) is 0 Å². The van der Waals surface area contributed by atoms with Crippen LogP contribution in [0.1, 0.15) is 25.8 Å². The van der Waals surface area contributed by atoms with Crippen molar-refractivity contribution in [3.8, 4) is 5.75 Å². The Kier molecular flexibility index (Phi) is 5.67. The summed E-state index contributed by atoms with van der Waals surface area (Å²) < 4.78 is 7.04. The standard InChI is InChI=1S/C22H25N3O3S/c1-15(29-18-9-7-17(28-2)8-10-18)21(26)24-13-11-16(12-14-24)25-20-6-4-3-5-19(20)23-22(25)27/h3-10,15-16H,11-14H2,1-2H3,(H,23,27). The quantitative estimate of drug-likeness (QED) is 0.651. The number of nitrogens with zero attached hydrogens (tertiary/aromatic N) is 2. The van der Waals surface area contributed by atoms with Gasteiger partial charge in [-0.15, -0.1) is 11.8 Å². The number of piperidine rings is 1. The van der Waals surface area contributed by atoms with E-state index in [1.54, 1.807) is 18.9 Å². The first kappa shape index (κ1) is 19.6. The van der Waals surface area contributed by atoms with E-state index in [1.165, 1.54) is 0 Å². The molecule has 1 saturated heterocycles. The number of para-hydroxylation sites is 2. The van der Waals surface area contributed by atoms with Gasteiger partial charge in [0.15, 0.2) is 0 Å². The van der Waals surface area contributed by atoms with E-state index in [1.807, 2.05) is 64.9 Å².